The highest BCUT2D eigenvalue weighted by atomic mass is 32.1. The van der Waals surface area contributed by atoms with Gasteiger partial charge in [0.15, 0.2) is 0 Å². The molecule has 13 heavy (non-hydrogen) atoms. The highest BCUT2D eigenvalue weighted by Crippen LogP contribution is 2.30. The highest BCUT2D eigenvalue weighted by Gasteiger charge is 2.28. The summed E-state index contributed by atoms with van der Waals surface area (Å²) in [6.07, 6.45) is 0.515. The zero-order valence-electron chi connectivity index (χ0n) is 7.40. The van der Waals surface area contributed by atoms with Crippen molar-refractivity contribution in [1.29, 1.82) is 0 Å². The van der Waals surface area contributed by atoms with E-state index in [0.717, 1.165) is 11.3 Å². The maximum absolute atomic E-state index is 11.5. The first-order valence-corrected chi connectivity index (χ1v) is 4.80. The van der Waals surface area contributed by atoms with E-state index in [1.165, 1.54) is 0 Å². The quantitative estimate of drug-likeness (QED) is 0.675. The maximum Gasteiger partial charge on any atom is 0.232 e. The van der Waals surface area contributed by atoms with E-state index in [2.05, 4.69) is 12.6 Å². The fraction of sp³-hybridized carbons (Fsp3) is 0.300. The third-order valence-electron chi connectivity index (χ3n) is 2.24. The summed E-state index contributed by atoms with van der Waals surface area (Å²) < 4.78 is 0. The number of para-hydroxylation sites is 1. The van der Waals surface area contributed by atoms with Crippen molar-refractivity contribution in [2.24, 2.45) is 0 Å². The van der Waals surface area contributed by atoms with Crippen molar-refractivity contribution in [2.75, 3.05) is 4.90 Å². The van der Waals surface area contributed by atoms with Gasteiger partial charge in [-0.2, -0.15) is 12.6 Å². The van der Waals surface area contributed by atoms with Crippen LogP contribution in [-0.2, 0) is 11.2 Å². The molecule has 1 unspecified atom stereocenters. The Morgan fingerprint density at radius 1 is 1.46 bits per heavy atom. The van der Waals surface area contributed by atoms with Crippen LogP contribution < -0.4 is 4.90 Å². The van der Waals surface area contributed by atoms with Crippen LogP contribution in [-0.4, -0.2) is 11.3 Å². The van der Waals surface area contributed by atoms with E-state index in [1.807, 2.05) is 31.2 Å². The second kappa shape index (κ2) is 3.07. The molecule has 2 nitrogen and oxygen atoms in total. The number of rotatable bonds is 1. The number of hydrogen-bond acceptors (Lipinski definition) is 2. The zero-order valence-corrected chi connectivity index (χ0v) is 8.29. The van der Waals surface area contributed by atoms with Crippen LogP contribution in [0.15, 0.2) is 24.3 Å². The van der Waals surface area contributed by atoms with Crippen molar-refractivity contribution in [2.45, 2.75) is 18.7 Å². The monoisotopic (exact) mass is 193 g/mol. The highest BCUT2D eigenvalue weighted by molar-refractivity contribution is 7.81. The number of benzene rings is 1. The lowest BCUT2D eigenvalue weighted by molar-refractivity contribution is -0.117. The number of amides is 1. The molecular formula is C10H11NOS. The van der Waals surface area contributed by atoms with Crippen LogP contribution in [0.2, 0.25) is 0 Å². The fourth-order valence-electron chi connectivity index (χ4n) is 1.69. The van der Waals surface area contributed by atoms with Crippen LogP contribution in [0.3, 0.4) is 0 Å². The number of fused-ring (bicyclic) bond motifs is 1. The van der Waals surface area contributed by atoms with Gasteiger partial charge < -0.3 is 0 Å². The Morgan fingerprint density at radius 2 is 2.15 bits per heavy atom. The molecular weight excluding hydrogens is 182 g/mol. The Balaban J connectivity index is 2.46. The first-order valence-electron chi connectivity index (χ1n) is 4.28. The number of hydrogen-bond donors (Lipinski definition) is 1. The average molecular weight is 193 g/mol. The first-order chi connectivity index (χ1) is 6.20. The Kier molecular flexibility index (Phi) is 2.04. The van der Waals surface area contributed by atoms with E-state index in [4.69, 9.17) is 0 Å². The topological polar surface area (TPSA) is 20.3 Å². The molecule has 2 rings (SSSR count). The third-order valence-corrected chi connectivity index (χ3v) is 2.47. The lowest BCUT2D eigenvalue weighted by Gasteiger charge is -2.20. The molecule has 0 aliphatic carbocycles. The van der Waals surface area contributed by atoms with Crippen molar-refractivity contribution in [3.05, 3.63) is 29.8 Å². The van der Waals surface area contributed by atoms with Crippen molar-refractivity contribution >= 4 is 24.2 Å². The fourth-order valence-corrected chi connectivity index (χ4v) is 1.94. The first kappa shape index (κ1) is 8.63. The lowest BCUT2D eigenvalue weighted by Crippen LogP contribution is -2.31. The Bertz CT molecular complexity index is 349. The molecule has 1 heterocycles. The molecule has 1 aromatic carbocycles. The van der Waals surface area contributed by atoms with E-state index in [-0.39, 0.29) is 11.3 Å². The molecule has 1 aromatic rings. The third kappa shape index (κ3) is 1.33. The molecule has 0 radical (unpaired) electrons. The molecule has 1 aliphatic heterocycles. The van der Waals surface area contributed by atoms with Gasteiger partial charge in [-0.1, -0.05) is 18.2 Å². The van der Waals surface area contributed by atoms with Gasteiger partial charge in [0, 0.05) is 5.69 Å². The van der Waals surface area contributed by atoms with Crippen molar-refractivity contribution in [1.82, 2.24) is 0 Å². The Hall–Kier alpha value is -0.960. The zero-order chi connectivity index (χ0) is 9.42. The van der Waals surface area contributed by atoms with Gasteiger partial charge in [-0.25, -0.2) is 0 Å². The summed E-state index contributed by atoms with van der Waals surface area (Å²) in [5.41, 5.74) is 2.11. The van der Waals surface area contributed by atoms with Crippen LogP contribution in [0.1, 0.15) is 12.5 Å². The molecule has 1 amide bonds. The number of carbonyl (C=O) groups is 1. The van der Waals surface area contributed by atoms with Gasteiger partial charge in [-0.15, -0.1) is 0 Å². The SMILES string of the molecule is CC(S)N1C(=O)Cc2ccccc21. The van der Waals surface area contributed by atoms with Crippen LogP contribution in [0, 0.1) is 0 Å². The van der Waals surface area contributed by atoms with E-state index in [0.29, 0.717) is 6.42 Å². The van der Waals surface area contributed by atoms with Crippen LogP contribution in [0.25, 0.3) is 0 Å². The molecule has 0 spiro atoms. The van der Waals surface area contributed by atoms with Gasteiger partial charge in [0.2, 0.25) is 5.91 Å². The maximum atomic E-state index is 11.5. The summed E-state index contributed by atoms with van der Waals surface area (Å²) >= 11 is 4.28. The average Bonchev–Trinajstić information content (AvgIpc) is 2.39. The van der Waals surface area contributed by atoms with Crippen LogP contribution in [0.4, 0.5) is 5.69 Å². The number of thiol groups is 1. The predicted molar refractivity (Wildman–Crippen MR) is 56.1 cm³/mol. The number of anilines is 1. The van der Waals surface area contributed by atoms with E-state index in [9.17, 15) is 4.79 Å². The molecule has 0 fully saturated rings. The molecule has 68 valence electrons. The van der Waals surface area contributed by atoms with Crippen molar-refractivity contribution in [3.63, 3.8) is 0 Å². The predicted octanol–water partition coefficient (Wildman–Crippen LogP) is 1.85. The van der Waals surface area contributed by atoms with Crippen LogP contribution >= 0.6 is 12.6 Å². The normalized spacial score (nSPS) is 17.4. The molecule has 1 atom stereocenters. The smallest absolute Gasteiger partial charge is 0.232 e. The van der Waals surface area contributed by atoms with E-state index < -0.39 is 0 Å². The van der Waals surface area contributed by atoms with Crippen molar-refractivity contribution in [3.8, 4) is 0 Å². The molecule has 0 saturated heterocycles. The lowest BCUT2D eigenvalue weighted by atomic mass is 10.2. The Morgan fingerprint density at radius 3 is 2.85 bits per heavy atom. The number of carbonyl (C=O) groups excluding carboxylic acids is 1. The van der Waals surface area contributed by atoms with Gasteiger partial charge in [0.1, 0.15) is 0 Å². The van der Waals surface area contributed by atoms with Gasteiger partial charge in [-0.3, -0.25) is 9.69 Å². The summed E-state index contributed by atoms with van der Waals surface area (Å²) in [5, 5.41) is -0.0452. The van der Waals surface area contributed by atoms with Gasteiger partial charge in [0.25, 0.3) is 0 Å². The summed E-state index contributed by atoms with van der Waals surface area (Å²) in [6.45, 7) is 1.91. The largest absolute Gasteiger partial charge is 0.300 e. The standard InChI is InChI=1S/C10H11NOS/c1-7(13)11-9-5-3-2-4-8(9)6-10(11)12/h2-5,7,13H,6H2,1H3. The minimum atomic E-state index is -0.0452. The molecule has 0 N–H and O–H groups in total. The minimum Gasteiger partial charge on any atom is -0.300 e. The number of nitrogens with zero attached hydrogens (tertiary/aromatic N) is 1. The Labute approximate surface area is 83.0 Å². The summed E-state index contributed by atoms with van der Waals surface area (Å²) in [7, 11) is 0. The minimum absolute atomic E-state index is 0.0452. The van der Waals surface area contributed by atoms with Gasteiger partial charge in [0.05, 0.1) is 11.8 Å². The van der Waals surface area contributed by atoms with E-state index >= 15 is 0 Å². The molecule has 3 heteroatoms. The molecule has 0 aromatic heterocycles. The van der Waals surface area contributed by atoms with E-state index in [1.54, 1.807) is 4.90 Å². The van der Waals surface area contributed by atoms with Crippen molar-refractivity contribution < 1.29 is 4.79 Å². The second-order valence-corrected chi connectivity index (χ2v) is 3.95. The van der Waals surface area contributed by atoms with Crippen LogP contribution in [0.5, 0.6) is 0 Å². The summed E-state index contributed by atoms with van der Waals surface area (Å²) in [6, 6.07) is 7.86. The molecule has 1 aliphatic rings. The molecule has 0 saturated carbocycles. The summed E-state index contributed by atoms with van der Waals surface area (Å²) in [4.78, 5) is 13.3. The molecule has 0 bridgehead atoms. The van der Waals surface area contributed by atoms with Gasteiger partial charge in [-0.05, 0) is 18.6 Å². The second-order valence-electron chi connectivity index (χ2n) is 3.20. The summed E-state index contributed by atoms with van der Waals surface area (Å²) in [5.74, 6) is 0.142. The van der Waals surface area contributed by atoms with Gasteiger partial charge >= 0.3 is 0 Å².